The van der Waals surface area contributed by atoms with Gasteiger partial charge in [-0.3, -0.25) is 4.79 Å². The quantitative estimate of drug-likeness (QED) is 0.855. The lowest BCUT2D eigenvalue weighted by molar-refractivity contribution is -0.0498. The average Bonchev–Trinajstić information content (AvgIpc) is 2.83. The third-order valence-electron chi connectivity index (χ3n) is 3.30. The highest BCUT2D eigenvalue weighted by atomic mass is 19.3. The Kier molecular flexibility index (Phi) is 4.51. The van der Waals surface area contributed by atoms with Crippen molar-refractivity contribution in [2.45, 2.75) is 18.8 Å². The minimum absolute atomic E-state index is 0.00164. The largest absolute Gasteiger partial charge is 0.435 e. The number of aliphatic hydroxyl groups is 1. The second kappa shape index (κ2) is 6.15. The molecule has 0 aromatic heterocycles. The van der Waals surface area contributed by atoms with E-state index in [0.717, 1.165) is 0 Å². The molecular weight excluding hydrogens is 270 g/mol. The van der Waals surface area contributed by atoms with Crippen molar-refractivity contribution >= 4 is 5.91 Å². The zero-order valence-electron chi connectivity index (χ0n) is 10.9. The van der Waals surface area contributed by atoms with Crippen molar-refractivity contribution in [2.75, 3.05) is 20.1 Å². The van der Waals surface area contributed by atoms with E-state index < -0.39 is 12.7 Å². The molecule has 1 heterocycles. The molecule has 0 bridgehead atoms. The van der Waals surface area contributed by atoms with Gasteiger partial charge < -0.3 is 20.1 Å². The zero-order chi connectivity index (χ0) is 14.7. The maximum atomic E-state index is 12.2. The lowest BCUT2D eigenvalue weighted by Gasteiger charge is -2.26. The van der Waals surface area contributed by atoms with Crippen LogP contribution in [0, 0.1) is 0 Å². The minimum Gasteiger partial charge on any atom is -0.435 e. The van der Waals surface area contributed by atoms with Crippen LogP contribution >= 0.6 is 0 Å². The molecule has 110 valence electrons. The Morgan fingerprint density at radius 3 is 2.55 bits per heavy atom. The van der Waals surface area contributed by atoms with Crippen molar-refractivity contribution in [3.8, 4) is 5.75 Å². The van der Waals surface area contributed by atoms with E-state index in [1.807, 2.05) is 0 Å². The van der Waals surface area contributed by atoms with Gasteiger partial charge in [-0.1, -0.05) is 0 Å². The number of β-amino-alcohol motifs (C(OH)–C–C–N with tert-alkyl or cyclic N) is 1. The van der Waals surface area contributed by atoms with Crippen LogP contribution < -0.4 is 10.1 Å². The number of halogens is 2. The first-order valence-electron chi connectivity index (χ1n) is 6.20. The summed E-state index contributed by atoms with van der Waals surface area (Å²) >= 11 is 0. The number of benzene rings is 1. The lowest BCUT2D eigenvalue weighted by atomic mass is 10.1. The zero-order valence-corrected chi connectivity index (χ0v) is 10.9. The summed E-state index contributed by atoms with van der Waals surface area (Å²) in [6, 6.07) is 5.18. The van der Waals surface area contributed by atoms with Gasteiger partial charge in [-0.25, -0.2) is 0 Å². The number of nitrogens with zero attached hydrogens (tertiary/aromatic N) is 1. The minimum atomic E-state index is -2.89. The van der Waals surface area contributed by atoms with Crippen molar-refractivity contribution in [1.29, 1.82) is 0 Å². The summed E-state index contributed by atoms with van der Waals surface area (Å²) in [5, 5.41) is 12.7. The summed E-state index contributed by atoms with van der Waals surface area (Å²) < 4.78 is 28.3. The number of carbonyl (C=O) groups excluding carboxylic acids is 1. The smallest absolute Gasteiger partial charge is 0.387 e. The first kappa shape index (κ1) is 14.7. The molecule has 0 spiro atoms. The van der Waals surface area contributed by atoms with Crippen LogP contribution in [0.15, 0.2) is 24.3 Å². The highest BCUT2D eigenvalue weighted by Gasteiger charge is 2.31. The average molecular weight is 286 g/mol. The van der Waals surface area contributed by atoms with Gasteiger partial charge in [0.25, 0.3) is 5.91 Å². The molecular formula is C13H16F2N2O3. The van der Waals surface area contributed by atoms with Crippen LogP contribution in [0.3, 0.4) is 0 Å². The van der Waals surface area contributed by atoms with Crippen LogP contribution in [-0.2, 0) is 0 Å². The normalized spacial score (nSPS) is 22.1. The Labute approximate surface area is 115 Å². The Hall–Kier alpha value is -1.73. The Morgan fingerprint density at radius 1 is 1.40 bits per heavy atom. The fourth-order valence-electron chi connectivity index (χ4n) is 2.18. The summed E-state index contributed by atoms with van der Waals surface area (Å²) in [6.07, 6.45) is -0.606. The van der Waals surface area contributed by atoms with Crippen LogP contribution in [0.1, 0.15) is 10.4 Å². The molecule has 7 heteroatoms. The van der Waals surface area contributed by atoms with Gasteiger partial charge in [-0.2, -0.15) is 8.78 Å². The van der Waals surface area contributed by atoms with E-state index in [9.17, 15) is 18.7 Å². The molecule has 0 radical (unpaired) electrons. The van der Waals surface area contributed by atoms with Gasteiger partial charge in [0.2, 0.25) is 0 Å². The van der Waals surface area contributed by atoms with Crippen LogP contribution in [0.5, 0.6) is 5.75 Å². The molecule has 1 saturated heterocycles. The second-order valence-electron chi connectivity index (χ2n) is 4.61. The molecule has 1 aromatic rings. The van der Waals surface area contributed by atoms with E-state index in [0.29, 0.717) is 18.7 Å². The molecule has 2 atom stereocenters. The third-order valence-corrected chi connectivity index (χ3v) is 3.30. The number of amides is 1. The predicted molar refractivity (Wildman–Crippen MR) is 67.8 cm³/mol. The molecule has 20 heavy (non-hydrogen) atoms. The second-order valence-corrected chi connectivity index (χ2v) is 4.61. The molecule has 0 saturated carbocycles. The van der Waals surface area contributed by atoms with Gasteiger partial charge in [-0.05, 0) is 24.3 Å². The SMILES string of the molecule is CN(C(=O)c1ccc(OC(F)F)cc1)[C@H]1CNC[C@@H]1O. The summed E-state index contributed by atoms with van der Waals surface area (Å²) in [4.78, 5) is 13.7. The van der Waals surface area contributed by atoms with Gasteiger partial charge in [-0.15, -0.1) is 0 Å². The van der Waals surface area contributed by atoms with Crippen molar-refractivity contribution in [3.05, 3.63) is 29.8 Å². The molecule has 0 aliphatic carbocycles. The predicted octanol–water partition coefficient (Wildman–Crippen LogP) is 0.693. The van der Waals surface area contributed by atoms with Crippen LogP contribution in [0.2, 0.25) is 0 Å². The molecule has 1 aromatic carbocycles. The van der Waals surface area contributed by atoms with Crippen LogP contribution in [0.25, 0.3) is 0 Å². The molecule has 2 N–H and O–H groups in total. The van der Waals surface area contributed by atoms with Crippen LogP contribution in [0.4, 0.5) is 8.78 Å². The summed E-state index contributed by atoms with van der Waals surface area (Å²) in [5.74, 6) is -0.275. The van der Waals surface area contributed by atoms with E-state index in [1.54, 1.807) is 7.05 Å². The van der Waals surface area contributed by atoms with Crippen molar-refractivity contribution < 1.29 is 23.4 Å². The number of hydrogen-bond donors (Lipinski definition) is 2. The molecule has 1 aliphatic heterocycles. The molecule has 0 unspecified atom stereocenters. The van der Waals surface area contributed by atoms with Crippen LogP contribution in [-0.4, -0.2) is 54.8 Å². The number of rotatable bonds is 4. The lowest BCUT2D eigenvalue weighted by Crippen LogP contribution is -2.44. The molecule has 2 rings (SSSR count). The maximum absolute atomic E-state index is 12.2. The Balaban J connectivity index is 2.05. The standard InChI is InChI=1S/C13H16F2N2O3/c1-17(10-6-16-7-11(10)18)12(19)8-2-4-9(5-3-8)20-13(14)15/h2-5,10-11,13,16,18H,6-7H2,1H3/t10-,11-/m0/s1. The van der Waals surface area contributed by atoms with E-state index in [4.69, 9.17) is 0 Å². The van der Waals surface area contributed by atoms with E-state index in [-0.39, 0.29) is 17.7 Å². The number of nitrogens with one attached hydrogen (secondary N) is 1. The van der Waals surface area contributed by atoms with Gasteiger partial charge >= 0.3 is 6.61 Å². The summed E-state index contributed by atoms with van der Waals surface area (Å²) in [6.45, 7) is -1.92. The number of hydrogen-bond acceptors (Lipinski definition) is 4. The fourth-order valence-corrected chi connectivity index (χ4v) is 2.18. The summed E-state index contributed by atoms with van der Waals surface area (Å²) in [5.41, 5.74) is 0.355. The van der Waals surface area contributed by atoms with Gasteiger partial charge in [0.1, 0.15) is 5.75 Å². The van der Waals surface area contributed by atoms with E-state index >= 15 is 0 Å². The number of alkyl halides is 2. The monoisotopic (exact) mass is 286 g/mol. The third kappa shape index (κ3) is 3.23. The molecule has 1 aliphatic rings. The van der Waals surface area contributed by atoms with Gasteiger partial charge in [0, 0.05) is 25.7 Å². The Morgan fingerprint density at radius 2 is 2.05 bits per heavy atom. The summed E-state index contributed by atoms with van der Waals surface area (Å²) in [7, 11) is 1.60. The number of aliphatic hydroxyl groups excluding tert-OH is 1. The van der Waals surface area contributed by atoms with Gasteiger partial charge in [0.15, 0.2) is 0 Å². The van der Waals surface area contributed by atoms with Crippen molar-refractivity contribution in [3.63, 3.8) is 0 Å². The number of likely N-dealkylation sites (N-methyl/N-ethyl adjacent to an activating group) is 1. The highest BCUT2D eigenvalue weighted by molar-refractivity contribution is 5.94. The number of ether oxygens (including phenoxy) is 1. The Bertz CT molecular complexity index is 467. The van der Waals surface area contributed by atoms with Crippen molar-refractivity contribution in [1.82, 2.24) is 10.2 Å². The van der Waals surface area contributed by atoms with Crippen molar-refractivity contribution in [2.24, 2.45) is 0 Å². The fraction of sp³-hybridized carbons (Fsp3) is 0.462. The molecule has 1 fully saturated rings. The topological polar surface area (TPSA) is 61.8 Å². The van der Waals surface area contributed by atoms with Gasteiger partial charge in [0.05, 0.1) is 12.1 Å². The molecule has 1 amide bonds. The van der Waals surface area contributed by atoms with E-state index in [2.05, 4.69) is 10.1 Å². The first-order valence-corrected chi connectivity index (χ1v) is 6.20. The molecule has 5 nitrogen and oxygen atoms in total. The van der Waals surface area contributed by atoms with E-state index in [1.165, 1.54) is 29.2 Å². The maximum Gasteiger partial charge on any atom is 0.387 e. The first-order chi connectivity index (χ1) is 9.49. The highest BCUT2D eigenvalue weighted by Crippen LogP contribution is 2.17. The number of carbonyl (C=O) groups is 1.